The summed E-state index contributed by atoms with van der Waals surface area (Å²) in [5, 5.41) is 30.1. The Hall–Kier alpha value is -3.60. The van der Waals surface area contributed by atoms with E-state index in [9.17, 15) is 24.6 Å². The number of hydrogen-bond acceptors (Lipinski definition) is 6. The zero-order valence-corrected chi connectivity index (χ0v) is 17.2. The van der Waals surface area contributed by atoms with Gasteiger partial charge in [-0.25, -0.2) is 4.79 Å². The van der Waals surface area contributed by atoms with E-state index in [0.717, 1.165) is 0 Å². The fourth-order valence-corrected chi connectivity index (χ4v) is 2.92. The third-order valence-electron chi connectivity index (χ3n) is 3.94. The summed E-state index contributed by atoms with van der Waals surface area (Å²) in [6.07, 6.45) is 1.12. The van der Waals surface area contributed by atoms with E-state index in [1.54, 1.807) is 30.3 Å². The number of carboxylic acid groups (broad SMARTS) is 1. The SMILES string of the molecule is NN=CNc1cccc(C(=O)NCC(=O)NC(Cc2cc(Br)ccc2O)C(=O)O)c1. The largest absolute Gasteiger partial charge is 0.508 e. The maximum Gasteiger partial charge on any atom is 0.326 e. The van der Waals surface area contributed by atoms with Crippen molar-refractivity contribution in [3.63, 3.8) is 0 Å². The van der Waals surface area contributed by atoms with Crippen molar-refractivity contribution in [3.8, 4) is 5.75 Å². The lowest BCUT2D eigenvalue weighted by Gasteiger charge is -2.16. The number of nitrogens with one attached hydrogen (secondary N) is 3. The smallest absolute Gasteiger partial charge is 0.326 e. The summed E-state index contributed by atoms with van der Waals surface area (Å²) in [6.45, 7) is -0.422. The molecule has 0 aliphatic rings. The van der Waals surface area contributed by atoms with Gasteiger partial charge >= 0.3 is 5.97 Å². The number of benzene rings is 2. The summed E-state index contributed by atoms with van der Waals surface area (Å²) in [6, 6.07) is 9.72. The molecule has 0 saturated heterocycles. The van der Waals surface area contributed by atoms with Crippen molar-refractivity contribution in [3.05, 3.63) is 58.1 Å². The lowest BCUT2D eigenvalue weighted by molar-refractivity contribution is -0.141. The molecule has 0 radical (unpaired) electrons. The topological polar surface area (TPSA) is 166 Å². The van der Waals surface area contributed by atoms with E-state index < -0.39 is 30.4 Å². The molecule has 7 N–H and O–H groups in total. The number of aromatic hydroxyl groups is 1. The van der Waals surface area contributed by atoms with Gasteiger partial charge in [0, 0.05) is 22.1 Å². The van der Waals surface area contributed by atoms with Crippen LogP contribution in [0.2, 0.25) is 0 Å². The molecule has 2 rings (SSSR count). The number of phenolic OH excluding ortho intramolecular Hbond substituents is 1. The predicted molar refractivity (Wildman–Crippen MR) is 114 cm³/mol. The van der Waals surface area contributed by atoms with Crippen molar-refractivity contribution in [1.82, 2.24) is 10.6 Å². The zero-order chi connectivity index (χ0) is 22.1. The Kier molecular flexibility index (Phi) is 8.18. The molecule has 158 valence electrons. The molecule has 0 fully saturated rings. The average Bonchev–Trinajstić information content (AvgIpc) is 2.72. The third-order valence-corrected chi connectivity index (χ3v) is 4.43. The molecule has 0 saturated carbocycles. The number of phenols is 1. The quantitative estimate of drug-likeness (QED) is 0.135. The van der Waals surface area contributed by atoms with Crippen molar-refractivity contribution < 1.29 is 24.6 Å². The number of carboxylic acids is 1. The second kappa shape index (κ2) is 10.8. The molecule has 2 amide bonds. The van der Waals surface area contributed by atoms with Crippen LogP contribution in [0.4, 0.5) is 5.69 Å². The van der Waals surface area contributed by atoms with E-state index in [4.69, 9.17) is 5.84 Å². The Labute approximate surface area is 180 Å². The minimum atomic E-state index is -1.28. The highest BCUT2D eigenvalue weighted by Gasteiger charge is 2.22. The summed E-state index contributed by atoms with van der Waals surface area (Å²) in [7, 11) is 0. The van der Waals surface area contributed by atoms with Crippen molar-refractivity contribution in [2.75, 3.05) is 11.9 Å². The van der Waals surface area contributed by atoms with E-state index in [1.807, 2.05) is 0 Å². The van der Waals surface area contributed by atoms with Crippen LogP contribution >= 0.6 is 15.9 Å². The van der Waals surface area contributed by atoms with Gasteiger partial charge in [-0.3, -0.25) is 9.59 Å². The molecule has 11 heteroatoms. The predicted octanol–water partition coefficient (Wildman–Crippen LogP) is 1.01. The molecule has 0 aliphatic heterocycles. The first kappa shape index (κ1) is 22.7. The molecule has 2 aromatic rings. The third kappa shape index (κ3) is 6.78. The van der Waals surface area contributed by atoms with E-state index in [0.29, 0.717) is 15.7 Å². The molecule has 1 unspecified atom stereocenters. The molecule has 1 atom stereocenters. The summed E-state index contributed by atoms with van der Waals surface area (Å²) < 4.78 is 0.660. The lowest BCUT2D eigenvalue weighted by atomic mass is 10.0. The van der Waals surface area contributed by atoms with Crippen LogP contribution in [0, 0.1) is 0 Å². The van der Waals surface area contributed by atoms with Crippen LogP contribution < -0.4 is 21.8 Å². The van der Waals surface area contributed by atoms with Crippen molar-refractivity contribution in [2.24, 2.45) is 10.9 Å². The van der Waals surface area contributed by atoms with Crippen LogP contribution in [-0.4, -0.2) is 46.9 Å². The molecule has 0 spiro atoms. The van der Waals surface area contributed by atoms with Crippen molar-refractivity contribution >= 4 is 45.7 Å². The Bertz CT molecular complexity index is 966. The van der Waals surface area contributed by atoms with Crippen LogP contribution in [0.15, 0.2) is 52.0 Å². The van der Waals surface area contributed by atoms with Crippen LogP contribution in [0.3, 0.4) is 0 Å². The average molecular weight is 478 g/mol. The highest BCUT2D eigenvalue weighted by atomic mass is 79.9. The van der Waals surface area contributed by atoms with E-state index >= 15 is 0 Å². The second-order valence-corrected chi connectivity index (χ2v) is 7.04. The van der Waals surface area contributed by atoms with Gasteiger partial charge in [0.05, 0.1) is 6.54 Å². The molecule has 0 aromatic heterocycles. The van der Waals surface area contributed by atoms with Crippen LogP contribution in [0.25, 0.3) is 0 Å². The Morgan fingerprint density at radius 2 is 1.97 bits per heavy atom. The van der Waals surface area contributed by atoms with Crippen molar-refractivity contribution in [1.29, 1.82) is 0 Å². The summed E-state index contributed by atoms with van der Waals surface area (Å²) in [5.41, 5.74) is 1.21. The Balaban J connectivity index is 1.95. The lowest BCUT2D eigenvalue weighted by Crippen LogP contribution is -2.46. The van der Waals surface area contributed by atoms with Crippen LogP contribution in [0.5, 0.6) is 5.75 Å². The number of aliphatic carboxylic acids is 1. The van der Waals surface area contributed by atoms with E-state index in [2.05, 4.69) is 37.0 Å². The molecule has 10 nitrogen and oxygen atoms in total. The van der Waals surface area contributed by atoms with Gasteiger partial charge < -0.3 is 32.0 Å². The molecule has 0 heterocycles. The van der Waals surface area contributed by atoms with Crippen molar-refractivity contribution in [2.45, 2.75) is 12.5 Å². The van der Waals surface area contributed by atoms with Gasteiger partial charge in [0.2, 0.25) is 5.91 Å². The van der Waals surface area contributed by atoms with Gasteiger partial charge in [0.25, 0.3) is 5.91 Å². The molecular weight excluding hydrogens is 458 g/mol. The molecule has 2 aromatic carbocycles. The standard InChI is InChI=1S/C19H20BrN5O5/c20-13-4-5-16(26)12(6-13)8-15(19(29)30)25-17(27)9-22-18(28)11-2-1-3-14(7-11)23-10-24-21/h1-7,10,15,26H,8-9,21H2,(H,22,28)(H,23,24)(H,25,27)(H,29,30). The summed E-state index contributed by atoms with van der Waals surface area (Å²) in [5.74, 6) is 2.45. The number of anilines is 1. The van der Waals surface area contributed by atoms with Gasteiger partial charge in [0.1, 0.15) is 18.1 Å². The number of hydrazone groups is 1. The number of amides is 2. The number of carbonyl (C=O) groups is 3. The zero-order valence-electron chi connectivity index (χ0n) is 15.6. The van der Waals surface area contributed by atoms with Gasteiger partial charge in [-0.1, -0.05) is 22.0 Å². The first-order valence-electron chi connectivity index (χ1n) is 8.66. The number of rotatable bonds is 9. The summed E-state index contributed by atoms with van der Waals surface area (Å²) >= 11 is 3.24. The number of halogens is 1. The summed E-state index contributed by atoms with van der Waals surface area (Å²) in [4.78, 5) is 35.9. The van der Waals surface area contributed by atoms with E-state index in [-0.39, 0.29) is 17.7 Å². The van der Waals surface area contributed by atoms with Gasteiger partial charge in [-0.15, -0.1) is 0 Å². The molecule has 0 aliphatic carbocycles. The number of nitrogens with zero attached hydrogens (tertiary/aromatic N) is 1. The maximum atomic E-state index is 12.2. The minimum Gasteiger partial charge on any atom is -0.508 e. The molecule has 0 bridgehead atoms. The fourth-order valence-electron chi connectivity index (χ4n) is 2.51. The minimum absolute atomic E-state index is 0.0832. The molecular formula is C19H20BrN5O5. The Morgan fingerprint density at radius 1 is 1.20 bits per heavy atom. The van der Waals surface area contributed by atoms with E-state index in [1.165, 1.54) is 18.5 Å². The first-order chi connectivity index (χ1) is 14.3. The normalized spacial score (nSPS) is 11.6. The fraction of sp³-hybridized carbons (Fsp3) is 0.158. The Morgan fingerprint density at radius 3 is 2.67 bits per heavy atom. The van der Waals surface area contributed by atoms with Gasteiger partial charge in [-0.05, 0) is 42.0 Å². The monoisotopic (exact) mass is 477 g/mol. The maximum absolute atomic E-state index is 12.2. The first-order valence-corrected chi connectivity index (χ1v) is 9.45. The van der Waals surface area contributed by atoms with Crippen LogP contribution in [0.1, 0.15) is 15.9 Å². The highest BCUT2D eigenvalue weighted by molar-refractivity contribution is 9.10. The number of nitrogens with two attached hydrogens (primary N) is 1. The van der Waals surface area contributed by atoms with Gasteiger partial charge in [-0.2, -0.15) is 5.10 Å². The van der Waals surface area contributed by atoms with Crippen LogP contribution in [-0.2, 0) is 16.0 Å². The number of carbonyl (C=O) groups excluding carboxylic acids is 2. The van der Waals surface area contributed by atoms with Gasteiger partial charge in [0.15, 0.2) is 0 Å². The molecule has 30 heavy (non-hydrogen) atoms. The number of hydrogen-bond donors (Lipinski definition) is 6. The highest BCUT2D eigenvalue weighted by Crippen LogP contribution is 2.23. The second-order valence-electron chi connectivity index (χ2n) is 6.12.